The molecule has 0 amide bonds. The van der Waals surface area contributed by atoms with Crippen LogP contribution in [0.2, 0.25) is 0 Å². The quantitative estimate of drug-likeness (QED) is 0.558. The van der Waals surface area contributed by atoms with Crippen LogP contribution in [0, 0.1) is 0 Å². The summed E-state index contributed by atoms with van der Waals surface area (Å²) >= 11 is 0. The van der Waals surface area contributed by atoms with Gasteiger partial charge in [0, 0.05) is 24.8 Å². The van der Waals surface area contributed by atoms with Crippen LogP contribution in [0.1, 0.15) is 5.56 Å². The van der Waals surface area contributed by atoms with Crippen molar-refractivity contribution in [3.8, 4) is 0 Å². The van der Waals surface area contributed by atoms with Crippen LogP contribution in [0.4, 0.5) is 0 Å². The molecule has 0 bridgehead atoms. The smallest absolute Gasteiger partial charge is 0.275 e. The van der Waals surface area contributed by atoms with E-state index in [0.717, 1.165) is 5.56 Å². The van der Waals surface area contributed by atoms with Crippen LogP contribution < -0.4 is 10.9 Å². The molecule has 0 aliphatic heterocycles. The highest BCUT2D eigenvalue weighted by Gasteiger charge is 2.06. The minimum atomic E-state index is -0.173. The molecule has 6 nitrogen and oxygen atoms in total. The minimum Gasteiger partial charge on any atom is -0.395 e. The zero-order valence-electron chi connectivity index (χ0n) is 8.49. The molecule has 2 aromatic heterocycles. The Morgan fingerprint density at radius 3 is 3.00 bits per heavy atom. The SMILES string of the molecule is Cl.O=c1[nH]cnc2c(CNCCO)c[nH]c12. The van der Waals surface area contributed by atoms with Gasteiger partial charge in [-0.05, 0) is 0 Å². The van der Waals surface area contributed by atoms with E-state index in [1.807, 2.05) is 0 Å². The molecule has 4 N–H and O–H groups in total. The summed E-state index contributed by atoms with van der Waals surface area (Å²) in [5, 5.41) is 11.6. The van der Waals surface area contributed by atoms with Crippen LogP contribution in [0.15, 0.2) is 17.3 Å². The number of rotatable bonds is 4. The Morgan fingerprint density at radius 2 is 2.25 bits per heavy atom. The Balaban J connectivity index is 0.00000128. The molecule has 2 heterocycles. The van der Waals surface area contributed by atoms with Crippen molar-refractivity contribution >= 4 is 23.4 Å². The van der Waals surface area contributed by atoms with Crippen LogP contribution >= 0.6 is 12.4 Å². The van der Waals surface area contributed by atoms with Gasteiger partial charge in [0.15, 0.2) is 0 Å². The average Bonchev–Trinajstić information content (AvgIpc) is 2.64. The zero-order valence-corrected chi connectivity index (χ0v) is 9.30. The molecule has 2 rings (SSSR count). The number of H-pyrrole nitrogens is 2. The second-order valence-electron chi connectivity index (χ2n) is 3.17. The molecule has 0 fully saturated rings. The van der Waals surface area contributed by atoms with Crippen molar-refractivity contribution in [2.45, 2.75) is 6.54 Å². The molecular formula is C9H13ClN4O2. The van der Waals surface area contributed by atoms with Gasteiger partial charge in [0.05, 0.1) is 18.5 Å². The Kier molecular flexibility index (Phi) is 4.48. The fourth-order valence-corrected chi connectivity index (χ4v) is 1.44. The number of aliphatic hydroxyl groups is 1. The molecular weight excluding hydrogens is 232 g/mol. The van der Waals surface area contributed by atoms with Gasteiger partial charge in [0.1, 0.15) is 5.52 Å². The third kappa shape index (κ3) is 2.41. The van der Waals surface area contributed by atoms with Crippen molar-refractivity contribution in [1.29, 1.82) is 0 Å². The molecule has 0 aliphatic carbocycles. The number of fused-ring (bicyclic) bond motifs is 1. The summed E-state index contributed by atoms with van der Waals surface area (Å²) < 4.78 is 0. The lowest BCUT2D eigenvalue weighted by Crippen LogP contribution is -2.17. The molecule has 0 atom stereocenters. The van der Waals surface area contributed by atoms with Gasteiger partial charge in [-0.25, -0.2) is 4.98 Å². The van der Waals surface area contributed by atoms with E-state index in [9.17, 15) is 4.79 Å². The lowest BCUT2D eigenvalue weighted by Gasteiger charge is -1.99. The molecule has 7 heteroatoms. The Bertz CT molecular complexity index is 507. The first-order chi connectivity index (χ1) is 7.33. The molecule has 0 aromatic carbocycles. The second kappa shape index (κ2) is 5.64. The van der Waals surface area contributed by atoms with Crippen molar-refractivity contribution in [2.75, 3.05) is 13.2 Å². The average molecular weight is 245 g/mol. The third-order valence-electron chi connectivity index (χ3n) is 2.15. The number of aliphatic hydroxyl groups excluding tert-OH is 1. The fourth-order valence-electron chi connectivity index (χ4n) is 1.44. The number of hydrogen-bond acceptors (Lipinski definition) is 4. The summed E-state index contributed by atoms with van der Waals surface area (Å²) in [6, 6.07) is 0. The summed E-state index contributed by atoms with van der Waals surface area (Å²) in [5.41, 5.74) is 1.90. The minimum absolute atomic E-state index is 0. The number of aromatic amines is 2. The Hall–Kier alpha value is -1.37. The Morgan fingerprint density at radius 1 is 1.44 bits per heavy atom. The molecule has 0 spiro atoms. The number of nitrogens with one attached hydrogen (secondary N) is 3. The van der Waals surface area contributed by atoms with E-state index in [1.54, 1.807) is 6.20 Å². The summed E-state index contributed by atoms with van der Waals surface area (Å²) in [6.07, 6.45) is 3.13. The van der Waals surface area contributed by atoms with Crippen LogP contribution in [0.5, 0.6) is 0 Å². The summed E-state index contributed by atoms with van der Waals surface area (Å²) in [5.74, 6) is 0. The van der Waals surface area contributed by atoms with Gasteiger partial charge in [-0.15, -0.1) is 12.4 Å². The van der Waals surface area contributed by atoms with E-state index in [2.05, 4.69) is 20.3 Å². The fraction of sp³-hybridized carbons (Fsp3) is 0.333. The maximum atomic E-state index is 11.3. The van der Waals surface area contributed by atoms with Crippen molar-refractivity contribution in [1.82, 2.24) is 20.3 Å². The van der Waals surface area contributed by atoms with Gasteiger partial charge in [-0.1, -0.05) is 0 Å². The molecule has 0 aliphatic rings. The first kappa shape index (κ1) is 12.7. The van der Waals surface area contributed by atoms with Crippen LogP contribution in [-0.4, -0.2) is 33.2 Å². The van der Waals surface area contributed by atoms with Gasteiger partial charge in [0.25, 0.3) is 5.56 Å². The number of aromatic nitrogens is 3. The van der Waals surface area contributed by atoms with Crippen molar-refractivity contribution < 1.29 is 5.11 Å². The number of halogens is 1. The summed E-state index contributed by atoms with van der Waals surface area (Å²) in [7, 11) is 0. The highest BCUT2D eigenvalue weighted by Crippen LogP contribution is 2.10. The Labute approximate surface area is 97.5 Å². The van der Waals surface area contributed by atoms with Gasteiger partial charge < -0.3 is 20.4 Å². The van der Waals surface area contributed by atoms with Gasteiger partial charge in [-0.3, -0.25) is 4.79 Å². The zero-order chi connectivity index (χ0) is 10.7. The van der Waals surface area contributed by atoms with Crippen molar-refractivity contribution in [2.24, 2.45) is 0 Å². The molecule has 0 saturated carbocycles. The first-order valence-corrected chi connectivity index (χ1v) is 4.68. The lowest BCUT2D eigenvalue weighted by molar-refractivity contribution is 0.292. The largest absolute Gasteiger partial charge is 0.395 e. The topological polar surface area (TPSA) is 93.8 Å². The standard InChI is InChI=1S/C9H12N4O2.ClH/c14-2-1-10-3-6-4-11-8-7(6)12-5-13-9(8)15;/h4-5,10-11,14H,1-3H2,(H,12,13,15);1H. The van der Waals surface area contributed by atoms with E-state index in [1.165, 1.54) is 6.33 Å². The molecule has 0 unspecified atom stereocenters. The molecule has 88 valence electrons. The summed E-state index contributed by atoms with van der Waals surface area (Å²) in [6.45, 7) is 1.20. The van der Waals surface area contributed by atoms with Crippen LogP contribution in [-0.2, 0) is 6.54 Å². The van der Waals surface area contributed by atoms with E-state index in [0.29, 0.717) is 24.1 Å². The van der Waals surface area contributed by atoms with E-state index in [-0.39, 0.29) is 24.6 Å². The number of nitrogens with zero attached hydrogens (tertiary/aromatic N) is 1. The van der Waals surface area contributed by atoms with Gasteiger partial charge >= 0.3 is 0 Å². The van der Waals surface area contributed by atoms with Crippen LogP contribution in [0.25, 0.3) is 11.0 Å². The van der Waals surface area contributed by atoms with Crippen LogP contribution in [0.3, 0.4) is 0 Å². The number of hydrogen-bond donors (Lipinski definition) is 4. The molecule has 2 aromatic rings. The van der Waals surface area contributed by atoms with E-state index >= 15 is 0 Å². The van der Waals surface area contributed by atoms with Gasteiger partial charge in [0.2, 0.25) is 0 Å². The third-order valence-corrected chi connectivity index (χ3v) is 2.15. The highest BCUT2D eigenvalue weighted by molar-refractivity contribution is 5.85. The predicted molar refractivity (Wildman–Crippen MR) is 62.8 cm³/mol. The predicted octanol–water partition coefficient (Wildman–Crippen LogP) is -0.245. The monoisotopic (exact) mass is 244 g/mol. The highest BCUT2D eigenvalue weighted by atomic mass is 35.5. The normalized spacial score (nSPS) is 10.3. The second-order valence-corrected chi connectivity index (χ2v) is 3.17. The summed E-state index contributed by atoms with van der Waals surface area (Å²) in [4.78, 5) is 20.8. The van der Waals surface area contributed by atoms with E-state index < -0.39 is 0 Å². The molecule has 16 heavy (non-hydrogen) atoms. The molecule has 0 radical (unpaired) electrons. The van der Waals surface area contributed by atoms with Crippen molar-refractivity contribution in [3.63, 3.8) is 0 Å². The maximum absolute atomic E-state index is 11.3. The van der Waals surface area contributed by atoms with Crippen molar-refractivity contribution in [3.05, 3.63) is 28.4 Å². The molecule has 0 saturated heterocycles. The first-order valence-electron chi connectivity index (χ1n) is 4.68. The van der Waals surface area contributed by atoms with E-state index in [4.69, 9.17) is 5.11 Å². The van der Waals surface area contributed by atoms with Gasteiger partial charge in [-0.2, -0.15) is 0 Å². The maximum Gasteiger partial charge on any atom is 0.275 e. The lowest BCUT2D eigenvalue weighted by atomic mass is 10.3.